The van der Waals surface area contributed by atoms with Crippen LogP contribution < -0.4 is 15.8 Å². The van der Waals surface area contributed by atoms with Gasteiger partial charge in [0.1, 0.15) is 0 Å². The third kappa shape index (κ3) is 5.37. The second-order valence-corrected chi connectivity index (χ2v) is 9.11. The van der Waals surface area contributed by atoms with Crippen LogP contribution in [0.3, 0.4) is 0 Å². The first kappa shape index (κ1) is 21.8. The molecule has 0 amide bonds. The second kappa shape index (κ2) is 9.72. The summed E-state index contributed by atoms with van der Waals surface area (Å²) in [5, 5.41) is 5.35. The molecule has 29 heavy (non-hydrogen) atoms. The van der Waals surface area contributed by atoms with Crippen molar-refractivity contribution in [2.75, 3.05) is 27.2 Å². The number of aryl methyl sites for hydroxylation is 2. The van der Waals surface area contributed by atoms with Gasteiger partial charge in [0.25, 0.3) is 5.56 Å². The lowest BCUT2D eigenvalue weighted by Crippen LogP contribution is -3.05. The number of aromatic amines is 1. The van der Waals surface area contributed by atoms with Crippen molar-refractivity contribution in [1.82, 2.24) is 15.2 Å². The van der Waals surface area contributed by atoms with E-state index in [9.17, 15) is 4.79 Å². The summed E-state index contributed by atoms with van der Waals surface area (Å²) in [6, 6.07) is 6.67. The zero-order valence-corrected chi connectivity index (χ0v) is 19.0. The summed E-state index contributed by atoms with van der Waals surface area (Å²) in [7, 11) is 4.33. The molecule has 1 fully saturated rings. The number of thiocarbonyl (C=S) groups is 1. The molecule has 0 unspecified atom stereocenters. The van der Waals surface area contributed by atoms with E-state index in [0.29, 0.717) is 12.6 Å². The Bertz CT molecular complexity index is 915. The maximum Gasteiger partial charge on any atom is 0.253 e. The van der Waals surface area contributed by atoms with Crippen molar-refractivity contribution in [1.29, 1.82) is 0 Å². The Labute approximate surface area is 179 Å². The SMILES string of the molecule is Cc1ccc(C)c2[nH]c(=O)c(CN(C(=S)NCCC[NH+](C)C)C3CCCC3)cc12. The van der Waals surface area contributed by atoms with Crippen molar-refractivity contribution in [3.8, 4) is 0 Å². The van der Waals surface area contributed by atoms with Crippen LogP contribution in [0.25, 0.3) is 10.9 Å². The largest absolute Gasteiger partial charge is 0.362 e. The van der Waals surface area contributed by atoms with Crippen LogP contribution in [0.5, 0.6) is 0 Å². The predicted molar refractivity (Wildman–Crippen MR) is 125 cm³/mol. The van der Waals surface area contributed by atoms with Gasteiger partial charge in [-0.15, -0.1) is 0 Å². The highest BCUT2D eigenvalue weighted by Crippen LogP contribution is 2.26. The van der Waals surface area contributed by atoms with Gasteiger partial charge in [-0.25, -0.2) is 0 Å². The molecule has 1 aliphatic rings. The number of rotatable bonds is 7. The quantitative estimate of drug-likeness (QED) is 0.480. The fourth-order valence-electron chi connectivity index (χ4n) is 4.24. The Morgan fingerprint density at radius 2 is 1.93 bits per heavy atom. The van der Waals surface area contributed by atoms with Gasteiger partial charge in [-0.1, -0.05) is 25.0 Å². The van der Waals surface area contributed by atoms with E-state index < -0.39 is 0 Å². The average molecular weight is 416 g/mol. The molecule has 1 heterocycles. The highest BCUT2D eigenvalue weighted by Gasteiger charge is 2.25. The number of aromatic nitrogens is 1. The van der Waals surface area contributed by atoms with Crippen LogP contribution in [0.1, 0.15) is 48.8 Å². The van der Waals surface area contributed by atoms with Crippen molar-refractivity contribution in [3.63, 3.8) is 0 Å². The lowest BCUT2D eigenvalue weighted by atomic mass is 10.0. The van der Waals surface area contributed by atoms with Gasteiger partial charge < -0.3 is 20.1 Å². The Kier molecular flexibility index (Phi) is 7.30. The lowest BCUT2D eigenvalue weighted by Gasteiger charge is -2.31. The lowest BCUT2D eigenvalue weighted by molar-refractivity contribution is -0.858. The second-order valence-electron chi connectivity index (χ2n) is 8.72. The van der Waals surface area contributed by atoms with Crippen LogP contribution in [-0.2, 0) is 6.54 Å². The van der Waals surface area contributed by atoms with Gasteiger partial charge >= 0.3 is 0 Å². The van der Waals surface area contributed by atoms with E-state index in [1.54, 1.807) is 0 Å². The summed E-state index contributed by atoms with van der Waals surface area (Å²) in [4.78, 5) is 19.7. The van der Waals surface area contributed by atoms with Crippen molar-refractivity contribution in [3.05, 3.63) is 45.2 Å². The first-order valence-corrected chi connectivity index (χ1v) is 11.2. The average Bonchev–Trinajstić information content (AvgIpc) is 3.21. The number of nitrogens with zero attached hydrogens (tertiary/aromatic N) is 1. The molecule has 6 heteroatoms. The van der Waals surface area contributed by atoms with Gasteiger partial charge in [-0.2, -0.15) is 0 Å². The fraction of sp³-hybridized carbons (Fsp3) is 0.565. The van der Waals surface area contributed by atoms with Crippen molar-refractivity contribution >= 4 is 28.2 Å². The van der Waals surface area contributed by atoms with Crippen LogP contribution >= 0.6 is 12.2 Å². The zero-order valence-electron chi connectivity index (χ0n) is 18.2. The van der Waals surface area contributed by atoms with Crippen LogP contribution in [0.15, 0.2) is 23.0 Å². The molecule has 0 bridgehead atoms. The number of hydrogen-bond acceptors (Lipinski definition) is 2. The third-order valence-corrected chi connectivity index (χ3v) is 6.40. The van der Waals surface area contributed by atoms with E-state index in [0.717, 1.165) is 59.5 Å². The van der Waals surface area contributed by atoms with Gasteiger partial charge in [-0.3, -0.25) is 4.79 Å². The Morgan fingerprint density at radius 3 is 2.62 bits per heavy atom. The third-order valence-electron chi connectivity index (χ3n) is 6.02. The summed E-state index contributed by atoms with van der Waals surface area (Å²) in [5.41, 5.74) is 4.01. The number of pyridine rings is 1. The molecule has 1 saturated carbocycles. The fourth-order valence-corrected chi connectivity index (χ4v) is 4.56. The van der Waals surface area contributed by atoms with Gasteiger partial charge in [0.05, 0.1) is 32.7 Å². The number of quaternary nitrogens is 1. The van der Waals surface area contributed by atoms with E-state index in [1.165, 1.54) is 23.3 Å². The summed E-state index contributed by atoms with van der Waals surface area (Å²) in [5.74, 6) is 0. The van der Waals surface area contributed by atoms with Crippen LogP contribution in [0.2, 0.25) is 0 Å². The molecule has 2 aromatic rings. The van der Waals surface area contributed by atoms with Crippen LogP contribution in [0.4, 0.5) is 0 Å². The molecule has 0 saturated heterocycles. The molecule has 3 N–H and O–H groups in total. The molecular weight excluding hydrogens is 380 g/mol. The highest BCUT2D eigenvalue weighted by atomic mass is 32.1. The van der Waals surface area contributed by atoms with E-state index in [1.807, 2.05) is 6.92 Å². The minimum atomic E-state index is -0.00629. The van der Waals surface area contributed by atoms with Crippen molar-refractivity contribution in [2.45, 2.75) is 58.5 Å². The van der Waals surface area contributed by atoms with Gasteiger partial charge in [-0.05, 0) is 56.1 Å². The molecule has 1 aromatic heterocycles. The molecule has 5 nitrogen and oxygen atoms in total. The molecule has 3 rings (SSSR count). The van der Waals surface area contributed by atoms with Crippen LogP contribution in [0, 0.1) is 13.8 Å². The molecule has 1 aliphatic carbocycles. The number of fused-ring (bicyclic) bond motifs is 1. The molecule has 1 aromatic carbocycles. The molecule has 0 aliphatic heterocycles. The number of benzene rings is 1. The molecule has 158 valence electrons. The summed E-state index contributed by atoms with van der Waals surface area (Å²) < 4.78 is 0. The summed E-state index contributed by atoms with van der Waals surface area (Å²) >= 11 is 5.77. The zero-order chi connectivity index (χ0) is 21.0. The summed E-state index contributed by atoms with van der Waals surface area (Å²) in [6.45, 7) is 6.68. The normalized spacial score (nSPS) is 14.7. The van der Waals surface area contributed by atoms with E-state index in [-0.39, 0.29) is 5.56 Å². The first-order valence-electron chi connectivity index (χ1n) is 10.8. The van der Waals surface area contributed by atoms with Gasteiger partial charge in [0, 0.05) is 30.0 Å². The van der Waals surface area contributed by atoms with Crippen LogP contribution in [-0.4, -0.2) is 48.2 Å². The maximum atomic E-state index is 12.9. The standard InChI is InChI=1S/C23H34N4OS/c1-16-10-11-17(2)21-20(16)14-18(22(28)25-21)15-27(19-8-5-6-9-19)23(29)24-12-7-13-26(3)4/h10-11,14,19H,5-9,12-13,15H2,1-4H3,(H,24,29)(H,25,28)/p+1. The van der Waals surface area contributed by atoms with Crippen molar-refractivity contribution < 1.29 is 4.90 Å². The number of H-pyrrole nitrogens is 1. The topological polar surface area (TPSA) is 52.6 Å². The molecule has 0 radical (unpaired) electrons. The Morgan fingerprint density at radius 1 is 1.24 bits per heavy atom. The molecular formula is C23H35N4OS+. The molecule has 0 spiro atoms. The monoisotopic (exact) mass is 415 g/mol. The van der Waals surface area contributed by atoms with Gasteiger partial charge in [0.2, 0.25) is 0 Å². The van der Waals surface area contributed by atoms with E-state index in [2.05, 4.69) is 54.4 Å². The van der Waals surface area contributed by atoms with E-state index in [4.69, 9.17) is 12.2 Å². The minimum absolute atomic E-state index is 0.00629. The summed E-state index contributed by atoms with van der Waals surface area (Å²) in [6.07, 6.45) is 5.84. The Hall–Kier alpha value is -1.92. The van der Waals surface area contributed by atoms with E-state index >= 15 is 0 Å². The highest BCUT2D eigenvalue weighted by molar-refractivity contribution is 7.80. The molecule has 0 atom stereocenters. The Balaban J connectivity index is 1.82. The minimum Gasteiger partial charge on any atom is -0.362 e. The first-order chi connectivity index (χ1) is 13.9. The van der Waals surface area contributed by atoms with Crippen molar-refractivity contribution in [2.24, 2.45) is 0 Å². The number of nitrogens with one attached hydrogen (secondary N) is 3. The smallest absolute Gasteiger partial charge is 0.253 e. The van der Waals surface area contributed by atoms with Gasteiger partial charge in [0.15, 0.2) is 5.11 Å². The maximum absolute atomic E-state index is 12.9. The number of hydrogen-bond donors (Lipinski definition) is 3. The predicted octanol–water partition coefficient (Wildman–Crippen LogP) is 2.30.